The quantitative estimate of drug-likeness (QED) is 0.375. The van der Waals surface area contributed by atoms with E-state index in [2.05, 4.69) is 27.0 Å². The van der Waals surface area contributed by atoms with Gasteiger partial charge in [-0.1, -0.05) is 30.7 Å². The Kier molecular flexibility index (Phi) is 8.73. The zero-order chi connectivity index (χ0) is 18.6. The lowest BCUT2D eigenvalue weighted by molar-refractivity contribution is -0.116. The molecule has 142 valence electrons. The van der Waals surface area contributed by atoms with Crippen molar-refractivity contribution in [1.82, 2.24) is 10.6 Å². The standard InChI is InChI=1S/C21H32N4O/c1-3-7-20(26)25-19-12-10-18(11-13-19)16-24-21(22-2)23-15-14-17-8-5-4-6-9-17/h8,10-13H,3-7,9,14-16H2,1-2H3,(H,25,26)(H2,22,23,24). The highest BCUT2D eigenvalue weighted by atomic mass is 16.1. The zero-order valence-electron chi connectivity index (χ0n) is 16.1. The van der Waals surface area contributed by atoms with Gasteiger partial charge in [0.2, 0.25) is 5.91 Å². The summed E-state index contributed by atoms with van der Waals surface area (Å²) < 4.78 is 0. The van der Waals surface area contributed by atoms with Crippen molar-refractivity contribution in [2.75, 3.05) is 18.9 Å². The van der Waals surface area contributed by atoms with Crippen molar-refractivity contribution in [3.05, 3.63) is 41.5 Å². The third-order valence-electron chi connectivity index (χ3n) is 4.52. The second-order valence-electron chi connectivity index (χ2n) is 6.71. The first-order valence-corrected chi connectivity index (χ1v) is 9.72. The summed E-state index contributed by atoms with van der Waals surface area (Å²) in [6, 6.07) is 7.93. The van der Waals surface area contributed by atoms with Crippen molar-refractivity contribution in [3.63, 3.8) is 0 Å². The number of aliphatic imine (C=N–C) groups is 1. The highest BCUT2D eigenvalue weighted by molar-refractivity contribution is 5.90. The normalized spacial score (nSPS) is 14.5. The minimum absolute atomic E-state index is 0.0658. The van der Waals surface area contributed by atoms with Crippen LogP contribution in [-0.2, 0) is 11.3 Å². The molecule has 0 atom stereocenters. The van der Waals surface area contributed by atoms with Gasteiger partial charge in [0.1, 0.15) is 0 Å². The molecular weight excluding hydrogens is 324 g/mol. The Morgan fingerprint density at radius 3 is 2.62 bits per heavy atom. The van der Waals surface area contributed by atoms with Crippen LogP contribution in [0, 0.1) is 0 Å². The molecule has 0 saturated carbocycles. The molecular formula is C21H32N4O. The molecule has 1 aliphatic carbocycles. The van der Waals surface area contributed by atoms with Crippen LogP contribution in [0.4, 0.5) is 5.69 Å². The van der Waals surface area contributed by atoms with E-state index in [1.165, 1.54) is 25.7 Å². The fourth-order valence-corrected chi connectivity index (χ4v) is 3.04. The monoisotopic (exact) mass is 356 g/mol. The van der Waals surface area contributed by atoms with Gasteiger partial charge < -0.3 is 16.0 Å². The summed E-state index contributed by atoms with van der Waals surface area (Å²) in [6.45, 7) is 3.61. The van der Waals surface area contributed by atoms with Gasteiger partial charge in [0, 0.05) is 32.2 Å². The fourth-order valence-electron chi connectivity index (χ4n) is 3.04. The molecule has 1 amide bonds. The van der Waals surface area contributed by atoms with E-state index in [4.69, 9.17) is 0 Å². The second-order valence-corrected chi connectivity index (χ2v) is 6.71. The van der Waals surface area contributed by atoms with Gasteiger partial charge in [0.05, 0.1) is 0 Å². The topological polar surface area (TPSA) is 65.5 Å². The zero-order valence-corrected chi connectivity index (χ0v) is 16.1. The molecule has 0 aromatic heterocycles. The largest absolute Gasteiger partial charge is 0.356 e. The minimum atomic E-state index is 0.0658. The maximum absolute atomic E-state index is 11.6. The first-order valence-electron chi connectivity index (χ1n) is 9.72. The van der Waals surface area contributed by atoms with Crippen LogP contribution in [-0.4, -0.2) is 25.5 Å². The van der Waals surface area contributed by atoms with Crippen molar-refractivity contribution in [2.24, 2.45) is 4.99 Å². The number of rotatable bonds is 8. The van der Waals surface area contributed by atoms with Gasteiger partial charge in [-0.25, -0.2) is 0 Å². The SMILES string of the molecule is CCCC(=O)Nc1ccc(CNC(=NC)NCCC2=CCCCC2)cc1. The van der Waals surface area contributed by atoms with Gasteiger partial charge in [-0.3, -0.25) is 9.79 Å². The smallest absolute Gasteiger partial charge is 0.224 e. The molecule has 0 radical (unpaired) electrons. The number of amides is 1. The molecule has 2 rings (SSSR count). The Labute approximate surface area is 157 Å². The predicted molar refractivity (Wildman–Crippen MR) is 109 cm³/mol. The Hall–Kier alpha value is -2.30. The van der Waals surface area contributed by atoms with E-state index >= 15 is 0 Å². The number of guanidine groups is 1. The third-order valence-corrected chi connectivity index (χ3v) is 4.52. The Bertz CT molecular complexity index is 619. The highest BCUT2D eigenvalue weighted by Gasteiger charge is 2.05. The Balaban J connectivity index is 1.71. The first-order chi connectivity index (χ1) is 12.7. The second kappa shape index (κ2) is 11.3. The van der Waals surface area contributed by atoms with Crippen LogP contribution in [0.5, 0.6) is 0 Å². The molecule has 0 saturated heterocycles. The Morgan fingerprint density at radius 2 is 1.96 bits per heavy atom. The number of allylic oxidation sites excluding steroid dienone is 1. The number of nitrogens with zero attached hydrogens (tertiary/aromatic N) is 1. The van der Waals surface area contributed by atoms with Gasteiger partial charge >= 0.3 is 0 Å². The van der Waals surface area contributed by atoms with Crippen molar-refractivity contribution >= 4 is 17.6 Å². The number of hydrogen-bond acceptors (Lipinski definition) is 2. The van der Waals surface area contributed by atoms with Crippen LogP contribution in [0.25, 0.3) is 0 Å². The van der Waals surface area contributed by atoms with Gasteiger partial charge in [-0.05, 0) is 56.2 Å². The van der Waals surface area contributed by atoms with Crippen LogP contribution in [0.15, 0.2) is 40.9 Å². The molecule has 1 aliphatic rings. The third kappa shape index (κ3) is 7.30. The number of nitrogens with one attached hydrogen (secondary N) is 3. The number of anilines is 1. The number of carbonyl (C=O) groups excluding carboxylic acids is 1. The summed E-state index contributed by atoms with van der Waals surface area (Å²) in [4.78, 5) is 15.9. The summed E-state index contributed by atoms with van der Waals surface area (Å²) in [7, 11) is 1.79. The minimum Gasteiger partial charge on any atom is -0.356 e. The van der Waals surface area contributed by atoms with Crippen molar-refractivity contribution in [1.29, 1.82) is 0 Å². The summed E-state index contributed by atoms with van der Waals surface area (Å²) >= 11 is 0. The van der Waals surface area contributed by atoms with E-state index in [9.17, 15) is 4.79 Å². The summed E-state index contributed by atoms with van der Waals surface area (Å²) in [6.07, 6.45) is 10.0. The van der Waals surface area contributed by atoms with Gasteiger partial charge in [-0.15, -0.1) is 0 Å². The molecule has 0 aliphatic heterocycles. The van der Waals surface area contributed by atoms with Crippen LogP contribution in [0.2, 0.25) is 0 Å². The average Bonchev–Trinajstić information content (AvgIpc) is 2.66. The number of carbonyl (C=O) groups is 1. The average molecular weight is 357 g/mol. The maximum atomic E-state index is 11.6. The summed E-state index contributed by atoms with van der Waals surface area (Å²) in [5.74, 6) is 0.887. The van der Waals surface area contributed by atoms with Crippen LogP contribution < -0.4 is 16.0 Å². The van der Waals surface area contributed by atoms with E-state index in [0.717, 1.165) is 36.6 Å². The number of hydrogen-bond donors (Lipinski definition) is 3. The summed E-state index contributed by atoms with van der Waals surface area (Å²) in [5.41, 5.74) is 3.56. The molecule has 1 aromatic carbocycles. The first kappa shape index (κ1) is 20.0. The van der Waals surface area contributed by atoms with E-state index in [1.54, 1.807) is 12.6 Å². The van der Waals surface area contributed by atoms with Gasteiger partial charge in [0.15, 0.2) is 5.96 Å². The van der Waals surface area contributed by atoms with E-state index in [0.29, 0.717) is 13.0 Å². The molecule has 0 unspecified atom stereocenters. The lowest BCUT2D eigenvalue weighted by Gasteiger charge is -2.15. The highest BCUT2D eigenvalue weighted by Crippen LogP contribution is 2.19. The number of benzene rings is 1. The summed E-state index contributed by atoms with van der Waals surface area (Å²) in [5, 5.41) is 9.62. The van der Waals surface area contributed by atoms with Crippen molar-refractivity contribution in [3.8, 4) is 0 Å². The molecule has 5 nitrogen and oxygen atoms in total. The van der Waals surface area contributed by atoms with Crippen LogP contribution in [0.3, 0.4) is 0 Å². The molecule has 1 aromatic rings. The Morgan fingerprint density at radius 1 is 1.15 bits per heavy atom. The molecule has 0 heterocycles. The molecule has 0 fully saturated rings. The maximum Gasteiger partial charge on any atom is 0.224 e. The lowest BCUT2D eigenvalue weighted by atomic mass is 9.97. The molecule has 0 bridgehead atoms. The van der Waals surface area contributed by atoms with E-state index < -0.39 is 0 Å². The van der Waals surface area contributed by atoms with Gasteiger partial charge in [-0.2, -0.15) is 0 Å². The van der Waals surface area contributed by atoms with Gasteiger partial charge in [0.25, 0.3) is 0 Å². The fraction of sp³-hybridized carbons (Fsp3) is 0.524. The van der Waals surface area contributed by atoms with Crippen LogP contribution >= 0.6 is 0 Å². The van der Waals surface area contributed by atoms with E-state index in [1.807, 2.05) is 31.2 Å². The van der Waals surface area contributed by atoms with Crippen LogP contribution in [0.1, 0.15) is 57.4 Å². The molecule has 5 heteroatoms. The predicted octanol–water partition coefficient (Wildman–Crippen LogP) is 3.98. The van der Waals surface area contributed by atoms with Crippen molar-refractivity contribution < 1.29 is 4.79 Å². The molecule has 3 N–H and O–H groups in total. The van der Waals surface area contributed by atoms with E-state index in [-0.39, 0.29) is 5.91 Å². The lowest BCUT2D eigenvalue weighted by Crippen LogP contribution is -2.37. The molecule has 26 heavy (non-hydrogen) atoms. The molecule has 0 spiro atoms. The van der Waals surface area contributed by atoms with Crippen molar-refractivity contribution in [2.45, 2.75) is 58.4 Å².